The second-order valence-electron chi connectivity index (χ2n) is 6.79. The van der Waals surface area contributed by atoms with Gasteiger partial charge in [-0.1, -0.05) is 12.1 Å². The smallest absolute Gasteiger partial charge is 0.335 e. The number of rotatable bonds is 6. The standard InChI is InChI=1S/C18H22N4O4S/c1-21(2)27(25,26)22-7-6-13(12-22)8-16-10-20-17(11-19-16)14-4-3-5-15(9-14)18(23)24/h3-5,9-11,13H,6-8,12H2,1-2H3,(H,23,24)/t13-/m0/s1. The van der Waals surface area contributed by atoms with Crippen LogP contribution in [0.3, 0.4) is 0 Å². The van der Waals surface area contributed by atoms with Crippen LogP contribution in [0.1, 0.15) is 22.5 Å². The van der Waals surface area contributed by atoms with E-state index in [0.29, 0.717) is 30.8 Å². The van der Waals surface area contributed by atoms with Gasteiger partial charge in [0.1, 0.15) is 0 Å². The number of carbonyl (C=O) groups is 1. The molecule has 0 amide bonds. The lowest BCUT2D eigenvalue weighted by Gasteiger charge is -2.20. The molecule has 0 saturated carbocycles. The molecule has 9 heteroatoms. The van der Waals surface area contributed by atoms with Crippen LogP contribution in [-0.2, 0) is 16.6 Å². The molecule has 1 saturated heterocycles. The molecule has 1 atom stereocenters. The average Bonchev–Trinajstić information content (AvgIpc) is 3.11. The zero-order valence-corrected chi connectivity index (χ0v) is 16.1. The summed E-state index contributed by atoms with van der Waals surface area (Å²) in [5, 5.41) is 9.09. The van der Waals surface area contributed by atoms with Crippen molar-refractivity contribution in [3.8, 4) is 11.3 Å². The van der Waals surface area contributed by atoms with Crippen LogP contribution < -0.4 is 0 Å². The van der Waals surface area contributed by atoms with E-state index in [0.717, 1.165) is 12.1 Å². The normalized spacial score (nSPS) is 18.1. The Hall–Kier alpha value is -2.36. The predicted molar refractivity (Wildman–Crippen MR) is 100 cm³/mol. The second-order valence-corrected chi connectivity index (χ2v) is 8.93. The summed E-state index contributed by atoms with van der Waals surface area (Å²) in [6, 6.07) is 6.55. The highest BCUT2D eigenvalue weighted by atomic mass is 32.2. The number of aromatic carboxylic acids is 1. The van der Waals surface area contributed by atoms with Gasteiger partial charge in [0, 0.05) is 38.9 Å². The van der Waals surface area contributed by atoms with Crippen molar-refractivity contribution >= 4 is 16.2 Å². The average molecular weight is 390 g/mol. The van der Waals surface area contributed by atoms with E-state index in [2.05, 4.69) is 9.97 Å². The summed E-state index contributed by atoms with van der Waals surface area (Å²) in [5.74, 6) is -0.782. The van der Waals surface area contributed by atoms with Crippen LogP contribution in [0.5, 0.6) is 0 Å². The third-order valence-corrected chi connectivity index (χ3v) is 6.55. The highest BCUT2D eigenvalue weighted by Gasteiger charge is 2.32. The fourth-order valence-electron chi connectivity index (χ4n) is 3.12. The Kier molecular flexibility index (Phi) is 5.54. The van der Waals surface area contributed by atoms with Gasteiger partial charge in [0.15, 0.2) is 0 Å². The van der Waals surface area contributed by atoms with Crippen molar-refractivity contribution in [2.24, 2.45) is 5.92 Å². The highest BCUT2D eigenvalue weighted by Crippen LogP contribution is 2.24. The number of carboxylic acid groups (broad SMARTS) is 1. The molecular weight excluding hydrogens is 368 g/mol. The SMILES string of the molecule is CN(C)S(=O)(=O)N1CC[C@@H](Cc2cnc(-c3cccc(C(=O)O)c3)cn2)C1. The lowest BCUT2D eigenvalue weighted by molar-refractivity contribution is 0.0697. The van der Waals surface area contributed by atoms with Crippen LogP contribution in [-0.4, -0.2) is 65.3 Å². The molecule has 1 aliphatic heterocycles. The van der Waals surface area contributed by atoms with Crippen LogP contribution >= 0.6 is 0 Å². The molecule has 1 N–H and O–H groups in total. The van der Waals surface area contributed by atoms with Crippen molar-refractivity contribution in [1.82, 2.24) is 18.6 Å². The van der Waals surface area contributed by atoms with Crippen molar-refractivity contribution < 1.29 is 18.3 Å². The van der Waals surface area contributed by atoms with Gasteiger partial charge in [0.25, 0.3) is 10.2 Å². The maximum absolute atomic E-state index is 12.2. The minimum Gasteiger partial charge on any atom is -0.478 e. The van der Waals surface area contributed by atoms with Gasteiger partial charge in [-0.3, -0.25) is 9.97 Å². The molecular formula is C18H22N4O4S. The van der Waals surface area contributed by atoms with Crippen molar-refractivity contribution in [3.05, 3.63) is 47.9 Å². The predicted octanol–water partition coefficient (Wildman–Crippen LogP) is 1.51. The minimum absolute atomic E-state index is 0.200. The van der Waals surface area contributed by atoms with E-state index >= 15 is 0 Å². The number of aromatic nitrogens is 2. The Labute approximate surface area is 158 Å². The number of benzene rings is 1. The number of hydrogen-bond donors (Lipinski definition) is 1. The molecule has 0 bridgehead atoms. The zero-order chi connectivity index (χ0) is 19.6. The molecule has 27 heavy (non-hydrogen) atoms. The van der Waals surface area contributed by atoms with Crippen LogP contribution in [0, 0.1) is 5.92 Å². The van der Waals surface area contributed by atoms with E-state index in [1.54, 1.807) is 30.6 Å². The summed E-state index contributed by atoms with van der Waals surface area (Å²) < 4.78 is 27.1. The summed E-state index contributed by atoms with van der Waals surface area (Å²) in [7, 11) is -0.305. The Morgan fingerprint density at radius 2 is 2.07 bits per heavy atom. The first-order valence-electron chi connectivity index (χ1n) is 8.59. The molecule has 1 aliphatic rings. The molecule has 144 valence electrons. The Bertz CT molecular complexity index is 929. The lowest BCUT2D eigenvalue weighted by atomic mass is 10.0. The van der Waals surface area contributed by atoms with Gasteiger partial charge in [0.05, 0.1) is 23.1 Å². The van der Waals surface area contributed by atoms with Gasteiger partial charge in [-0.2, -0.15) is 17.0 Å². The van der Waals surface area contributed by atoms with Gasteiger partial charge in [-0.05, 0) is 30.9 Å². The van der Waals surface area contributed by atoms with Crippen molar-refractivity contribution in [3.63, 3.8) is 0 Å². The molecule has 1 fully saturated rings. The maximum atomic E-state index is 12.2. The van der Waals surface area contributed by atoms with Gasteiger partial charge in [-0.15, -0.1) is 0 Å². The fraction of sp³-hybridized carbons (Fsp3) is 0.389. The summed E-state index contributed by atoms with van der Waals surface area (Å²) in [6.07, 6.45) is 4.74. The third-order valence-electron chi connectivity index (χ3n) is 4.64. The van der Waals surface area contributed by atoms with E-state index in [1.165, 1.54) is 28.8 Å². The zero-order valence-electron chi connectivity index (χ0n) is 15.2. The largest absolute Gasteiger partial charge is 0.478 e. The fourth-order valence-corrected chi connectivity index (χ4v) is 4.32. The van der Waals surface area contributed by atoms with E-state index in [-0.39, 0.29) is 11.5 Å². The van der Waals surface area contributed by atoms with E-state index in [9.17, 15) is 13.2 Å². The number of carboxylic acids is 1. The van der Waals surface area contributed by atoms with Crippen molar-refractivity contribution in [2.75, 3.05) is 27.2 Å². The summed E-state index contributed by atoms with van der Waals surface area (Å²) in [6.45, 7) is 0.989. The first-order chi connectivity index (χ1) is 12.8. The Morgan fingerprint density at radius 3 is 2.70 bits per heavy atom. The first kappa shape index (κ1) is 19.4. The molecule has 0 unspecified atom stereocenters. The number of nitrogens with zero attached hydrogens (tertiary/aromatic N) is 4. The Balaban J connectivity index is 1.67. The summed E-state index contributed by atoms with van der Waals surface area (Å²) in [5.41, 5.74) is 2.29. The highest BCUT2D eigenvalue weighted by molar-refractivity contribution is 7.86. The molecule has 3 rings (SSSR count). The molecule has 0 radical (unpaired) electrons. The van der Waals surface area contributed by atoms with Crippen LogP contribution in [0.2, 0.25) is 0 Å². The van der Waals surface area contributed by atoms with Crippen LogP contribution in [0.4, 0.5) is 0 Å². The van der Waals surface area contributed by atoms with Crippen molar-refractivity contribution in [1.29, 1.82) is 0 Å². The van der Waals surface area contributed by atoms with E-state index in [4.69, 9.17) is 5.11 Å². The van der Waals surface area contributed by atoms with Crippen LogP contribution in [0.25, 0.3) is 11.3 Å². The maximum Gasteiger partial charge on any atom is 0.335 e. The molecule has 1 aromatic carbocycles. The van der Waals surface area contributed by atoms with Gasteiger partial charge < -0.3 is 5.11 Å². The molecule has 0 aliphatic carbocycles. The molecule has 2 aromatic rings. The van der Waals surface area contributed by atoms with Gasteiger partial charge in [0.2, 0.25) is 0 Å². The topological polar surface area (TPSA) is 104 Å². The Morgan fingerprint density at radius 1 is 1.30 bits per heavy atom. The monoisotopic (exact) mass is 390 g/mol. The van der Waals surface area contributed by atoms with Gasteiger partial charge >= 0.3 is 5.97 Å². The molecule has 1 aromatic heterocycles. The molecule has 2 heterocycles. The quantitative estimate of drug-likeness (QED) is 0.802. The minimum atomic E-state index is -3.37. The van der Waals surface area contributed by atoms with E-state index in [1.807, 2.05) is 0 Å². The number of hydrogen-bond acceptors (Lipinski definition) is 5. The first-order valence-corrected chi connectivity index (χ1v) is 9.99. The van der Waals surface area contributed by atoms with Crippen molar-refractivity contribution in [2.45, 2.75) is 12.8 Å². The second kappa shape index (κ2) is 7.71. The van der Waals surface area contributed by atoms with Gasteiger partial charge in [-0.25, -0.2) is 4.79 Å². The lowest BCUT2D eigenvalue weighted by Crippen LogP contribution is -2.38. The molecule has 0 spiro atoms. The third kappa shape index (κ3) is 4.32. The van der Waals surface area contributed by atoms with E-state index < -0.39 is 16.2 Å². The molecule has 8 nitrogen and oxygen atoms in total. The summed E-state index contributed by atoms with van der Waals surface area (Å²) in [4.78, 5) is 19.9. The van der Waals surface area contributed by atoms with Crippen LogP contribution in [0.15, 0.2) is 36.7 Å². The summed E-state index contributed by atoms with van der Waals surface area (Å²) >= 11 is 0.